The van der Waals surface area contributed by atoms with Gasteiger partial charge in [-0.05, 0) is 24.7 Å². The summed E-state index contributed by atoms with van der Waals surface area (Å²) in [7, 11) is 0. The molecule has 0 bridgehead atoms. The molecule has 0 spiro atoms. The van der Waals surface area contributed by atoms with Crippen LogP contribution in [-0.2, 0) is 4.79 Å². The van der Waals surface area contributed by atoms with Gasteiger partial charge in [0.05, 0.1) is 5.92 Å². The van der Waals surface area contributed by atoms with Crippen molar-refractivity contribution in [1.82, 2.24) is 0 Å². The Morgan fingerprint density at radius 3 is 2.08 bits per heavy atom. The van der Waals surface area contributed by atoms with Crippen LogP contribution in [0, 0.1) is 17.8 Å². The van der Waals surface area contributed by atoms with Crippen LogP contribution in [0.3, 0.4) is 0 Å². The van der Waals surface area contributed by atoms with E-state index in [-0.39, 0.29) is 5.92 Å². The van der Waals surface area contributed by atoms with Gasteiger partial charge in [0.25, 0.3) is 0 Å². The predicted octanol–water partition coefficient (Wildman–Crippen LogP) is 3.17. The molecule has 0 radical (unpaired) electrons. The van der Waals surface area contributed by atoms with Crippen molar-refractivity contribution in [2.24, 2.45) is 17.8 Å². The molecule has 0 rings (SSSR count). The highest BCUT2D eigenvalue weighted by Crippen LogP contribution is 2.21. The quantitative estimate of drug-likeness (QED) is 0.691. The third-order valence-electron chi connectivity index (χ3n) is 2.68. The van der Waals surface area contributed by atoms with E-state index in [0.717, 1.165) is 18.8 Å². The van der Waals surface area contributed by atoms with Gasteiger partial charge in [-0.25, -0.2) is 0 Å². The molecule has 0 aromatic heterocycles. The van der Waals surface area contributed by atoms with Crippen molar-refractivity contribution in [2.75, 3.05) is 0 Å². The van der Waals surface area contributed by atoms with Gasteiger partial charge in [0, 0.05) is 0 Å². The molecule has 0 saturated heterocycles. The zero-order valence-electron chi connectivity index (χ0n) is 9.21. The lowest BCUT2D eigenvalue weighted by molar-refractivity contribution is -0.141. The summed E-state index contributed by atoms with van der Waals surface area (Å²) in [5.74, 6) is 0.382. The van der Waals surface area contributed by atoms with Crippen LogP contribution in [0.2, 0.25) is 0 Å². The smallest absolute Gasteiger partial charge is 0.306 e. The highest BCUT2D eigenvalue weighted by molar-refractivity contribution is 5.69. The summed E-state index contributed by atoms with van der Waals surface area (Å²) in [6.07, 6.45) is 3.14. The molecule has 0 fully saturated rings. The summed E-state index contributed by atoms with van der Waals surface area (Å²) in [6, 6.07) is 0. The Hall–Kier alpha value is -0.530. The molecule has 0 aromatic carbocycles. The van der Waals surface area contributed by atoms with Gasteiger partial charge in [0.15, 0.2) is 0 Å². The van der Waals surface area contributed by atoms with Crippen molar-refractivity contribution in [3.05, 3.63) is 0 Å². The fraction of sp³-hybridized carbons (Fsp3) is 0.909. The minimum absolute atomic E-state index is 0.195. The molecule has 2 nitrogen and oxygen atoms in total. The normalized spacial score (nSPS) is 17.8. The van der Waals surface area contributed by atoms with Gasteiger partial charge in [0.1, 0.15) is 0 Å². The zero-order chi connectivity index (χ0) is 10.4. The van der Waals surface area contributed by atoms with Gasteiger partial charge in [0.2, 0.25) is 0 Å². The highest BCUT2D eigenvalue weighted by atomic mass is 16.4. The summed E-state index contributed by atoms with van der Waals surface area (Å²) in [5.41, 5.74) is 0. The van der Waals surface area contributed by atoms with Crippen molar-refractivity contribution in [3.8, 4) is 0 Å². The second-order valence-electron chi connectivity index (χ2n) is 4.33. The third kappa shape index (κ3) is 5.67. The van der Waals surface area contributed by atoms with Crippen LogP contribution in [0.15, 0.2) is 0 Å². The maximum Gasteiger partial charge on any atom is 0.306 e. The first-order valence-electron chi connectivity index (χ1n) is 5.20. The largest absolute Gasteiger partial charge is 0.481 e. The van der Waals surface area contributed by atoms with Gasteiger partial charge in [-0.15, -0.1) is 0 Å². The minimum Gasteiger partial charge on any atom is -0.481 e. The Bertz CT molecular complexity index is 154. The Balaban J connectivity index is 3.73. The Morgan fingerprint density at radius 1 is 1.15 bits per heavy atom. The molecule has 3 atom stereocenters. The zero-order valence-corrected chi connectivity index (χ0v) is 9.21. The van der Waals surface area contributed by atoms with Crippen molar-refractivity contribution in [2.45, 2.75) is 47.0 Å². The molecule has 0 heterocycles. The van der Waals surface area contributed by atoms with E-state index >= 15 is 0 Å². The van der Waals surface area contributed by atoms with Crippen molar-refractivity contribution in [3.63, 3.8) is 0 Å². The lowest BCUT2D eigenvalue weighted by Gasteiger charge is -2.17. The van der Waals surface area contributed by atoms with Crippen LogP contribution in [0.25, 0.3) is 0 Å². The minimum atomic E-state index is -0.670. The molecule has 0 aromatic rings. The first-order chi connectivity index (χ1) is 5.97. The van der Waals surface area contributed by atoms with E-state index in [1.807, 2.05) is 0 Å². The van der Waals surface area contributed by atoms with Crippen LogP contribution < -0.4 is 0 Å². The van der Waals surface area contributed by atoms with Gasteiger partial charge in [-0.2, -0.15) is 0 Å². The van der Waals surface area contributed by atoms with Crippen molar-refractivity contribution >= 4 is 5.97 Å². The predicted molar refractivity (Wildman–Crippen MR) is 54.7 cm³/mol. The summed E-state index contributed by atoms with van der Waals surface area (Å²) < 4.78 is 0. The van der Waals surface area contributed by atoms with Crippen LogP contribution in [-0.4, -0.2) is 11.1 Å². The first-order valence-corrected chi connectivity index (χ1v) is 5.20. The Kier molecular flexibility index (Phi) is 5.76. The van der Waals surface area contributed by atoms with E-state index < -0.39 is 5.97 Å². The topological polar surface area (TPSA) is 37.3 Å². The number of hydrogen-bond acceptors (Lipinski definition) is 1. The second kappa shape index (κ2) is 6.01. The number of aliphatic carboxylic acids is 1. The van der Waals surface area contributed by atoms with Crippen LogP contribution >= 0.6 is 0 Å². The average Bonchev–Trinajstić information content (AvgIpc) is 2.03. The number of carboxylic acid groups (broad SMARTS) is 1. The molecular formula is C11H22O2. The standard InChI is InChI=1S/C11H22O2/c1-5-8(2)6-9(3)7-10(4)11(12)13/h8-10H,5-7H2,1-4H3,(H,12,13)/t8-,9-,10-/m1/s1. The molecule has 1 N–H and O–H groups in total. The van der Waals surface area contributed by atoms with Crippen molar-refractivity contribution in [1.29, 1.82) is 0 Å². The van der Waals surface area contributed by atoms with E-state index in [0.29, 0.717) is 5.92 Å². The molecule has 0 amide bonds. The third-order valence-corrected chi connectivity index (χ3v) is 2.68. The van der Waals surface area contributed by atoms with Crippen LogP contribution in [0.5, 0.6) is 0 Å². The summed E-state index contributed by atoms with van der Waals surface area (Å²) in [5, 5.41) is 8.72. The molecule has 0 aliphatic carbocycles. The summed E-state index contributed by atoms with van der Waals surface area (Å²) >= 11 is 0. The van der Waals surface area contributed by atoms with Crippen molar-refractivity contribution < 1.29 is 9.90 Å². The molecule has 0 unspecified atom stereocenters. The maximum absolute atomic E-state index is 10.6. The Morgan fingerprint density at radius 2 is 1.69 bits per heavy atom. The van der Waals surface area contributed by atoms with E-state index in [1.54, 1.807) is 6.92 Å². The lowest BCUT2D eigenvalue weighted by atomic mass is 9.89. The number of rotatable bonds is 6. The lowest BCUT2D eigenvalue weighted by Crippen LogP contribution is -2.14. The number of carboxylic acids is 1. The second-order valence-corrected chi connectivity index (χ2v) is 4.33. The fourth-order valence-electron chi connectivity index (χ4n) is 1.65. The molecule has 0 aliphatic heterocycles. The van der Waals surface area contributed by atoms with E-state index in [2.05, 4.69) is 20.8 Å². The van der Waals surface area contributed by atoms with E-state index in [4.69, 9.17) is 5.11 Å². The molecule has 78 valence electrons. The van der Waals surface area contributed by atoms with E-state index in [9.17, 15) is 4.79 Å². The summed E-state index contributed by atoms with van der Waals surface area (Å²) in [4.78, 5) is 10.6. The van der Waals surface area contributed by atoms with E-state index in [1.165, 1.54) is 6.42 Å². The molecule has 0 aliphatic rings. The average molecular weight is 186 g/mol. The highest BCUT2D eigenvalue weighted by Gasteiger charge is 2.16. The number of carbonyl (C=O) groups is 1. The number of hydrogen-bond donors (Lipinski definition) is 1. The fourth-order valence-corrected chi connectivity index (χ4v) is 1.65. The van der Waals surface area contributed by atoms with Gasteiger partial charge >= 0.3 is 5.97 Å². The monoisotopic (exact) mass is 186 g/mol. The van der Waals surface area contributed by atoms with Crippen LogP contribution in [0.4, 0.5) is 0 Å². The molecular weight excluding hydrogens is 164 g/mol. The molecule has 13 heavy (non-hydrogen) atoms. The van der Waals surface area contributed by atoms with Gasteiger partial charge in [-0.1, -0.05) is 34.1 Å². The van der Waals surface area contributed by atoms with Gasteiger partial charge in [-0.3, -0.25) is 4.79 Å². The SMILES string of the molecule is CC[C@@H](C)C[C@@H](C)C[C@@H](C)C(=O)O. The maximum atomic E-state index is 10.6. The van der Waals surface area contributed by atoms with Gasteiger partial charge < -0.3 is 5.11 Å². The molecule has 2 heteroatoms. The Labute approximate surface area is 81.3 Å². The van der Waals surface area contributed by atoms with Crippen LogP contribution in [0.1, 0.15) is 47.0 Å². The molecule has 0 saturated carbocycles. The summed E-state index contributed by atoms with van der Waals surface area (Å²) in [6.45, 7) is 8.33. The first kappa shape index (κ1) is 12.5.